The minimum Gasteiger partial charge on any atom is -0.447 e. The van der Waals surface area contributed by atoms with Gasteiger partial charge in [0.1, 0.15) is 24.4 Å². The summed E-state index contributed by atoms with van der Waals surface area (Å²) in [5, 5.41) is 31.6. The van der Waals surface area contributed by atoms with E-state index in [2.05, 4.69) is 5.32 Å². The van der Waals surface area contributed by atoms with Crippen LogP contribution in [-0.2, 0) is 16.0 Å². The van der Waals surface area contributed by atoms with Crippen LogP contribution in [0.2, 0.25) is 0 Å². The summed E-state index contributed by atoms with van der Waals surface area (Å²) in [4.78, 5) is 29.3. The normalized spacial score (nSPS) is 21.7. The number of amides is 2. The number of likely N-dealkylation sites (tertiary alicyclic amines) is 2. The van der Waals surface area contributed by atoms with E-state index in [1.165, 1.54) is 0 Å². The van der Waals surface area contributed by atoms with E-state index >= 15 is 0 Å². The zero-order valence-electron chi connectivity index (χ0n) is 21.5. The molecule has 0 spiro atoms. The highest BCUT2D eigenvalue weighted by atomic mass is 19.1. The number of alkyl carbamates (subject to hydrolysis) is 1. The van der Waals surface area contributed by atoms with Crippen molar-refractivity contribution in [1.29, 1.82) is 5.26 Å². The van der Waals surface area contributed by atoms with Gasteiger partial charge in [0, 0.05) is 25.2 Å². The molecule has 2 aliphatic rings. The molecule has 0 bridgehead atoms. The largest absolute Gasteiger partial charge is 0.475 e. The van der Waals surface area contributed by atoms with Gasteiger partial charge in [-0.15, -0.1) is 0 Å². The third-order valence-electron chi connectivity index (χ3n) is 7.05. The highest BCUT2D eigenvalue weighted by Crippen LogP contribution is 2.26. The Morgan fingerprint density at radius 2 is 2.00 bits per heavy atom. The topological polar surface area (TPSA) is 126 Å². The highest BCUT2D eigenvalue weighted by molar-refractivity contribution is 6.43. The molecule has 3 atom stereocenters. The second kappa shape index (κ2) is 13.0. The number of alkyl halides is 1. The maximum absolute atomic E-state index is 13.7. The Morgan fingerprint density at radius 3 is 2.62 bits per heavy atom. The van der Waals surface area contributed by atoms with Crippen LogP contribution in [0, 0.1) is 11.3 Å². The van der Waals surface area contributed by atoms with Crippen LogP contribution in [0.5, 0.6) is 0 Å². The molecule has 2 fully saturated rings. The minimum absolute atomic E-state index is 0.0185. The monoisotopic (exact) mass is 514 g/mol. The molecule has 0 saturated carbocycles. The summed E-state index contributed by atoms with van der Waals surface area (Å²) >= 11 is 0. The van der Waals surface area contributed by atoms with Gasteiger partial charge in [-0.25, -0.2) is 9.18 Å². The Labute approximate surface area is 218 Å². The molecule has 0 aromatic heterocycles. The number of nitriles is 1. The standard InChI is InChI=1S/C26H36BFN4O5/c1-26(2,31-13-11-21(28)17-31)15-20(16-29)24(33)32-12-7-6-10-22(32)18-37-25(34)30-23(27(35)36)14-19-8-4-3-5-9-19/h3-5,8-9,15,21-23,35-36H,6-7,10-14,17-18H2,1-2H3,(H,30,34)/t21-,22-,23?/m1/s1. The molecule has 0 radical (unpaired) electrons. The van der Waals surface area contributed by atoms with Crippen LogP contribution in [0.25, 0.3) is 0 Å². The van der Waals surface area contributed by atoms with E-state index in [0.29, 0.717) is 25.9 Å². The molecule has 37 heavy (non-hydrogen) atoms. The number of nitrogens with zero attached hydrogens (tertiary/aromatic N) is 3. The summed E-state index contributed by atoms with van der Waals surface area (Å²) in [6.07, 6.45) is 2.71. The first-order chi connectivity index (χ1) is 17.6. The van der Waals surface area contributed by atoms with Crippen LogP contribution in [-0.4, -0.2) is 88.9 Å². The number of halogens is 1. The van der Waals surface area contributed by atoms with Gasteiger partial charge in [-0.2, -0.15) is 5.26 Å². The van der Waals surface area contributed by atoms with Crippen LogP contribution in [0.4, 0.5) is 9.18 Å². The van der Waals surface area contributed by atoms with Crippen LogP contribution in [0.15, 0.2) is 42.0 Å². The first-order valence-electron chi connectivity index (χ1n) is 12.8. The Kier molecular flexibility index (Phi) is 10.1. The summed E-state index contributed by atoms with van der Waals surface area (Å²) < 4.78 is 19.1. The number of hydrogen-bond donors (Lipinski definition) is 3. The first kappa shape index (κ1) is 28.6. The molecule has 2 amide bonds. The Morgan fingerprint density at radius 1 is 1.27 bits per heavy atom. The molecule has 3 N–H and O–H groups in total. The van der Waals surface area contributed by atoms with Crippen molar-refractivity contribution in [2.24, 2.45) is 0 Å². The fourth-order valence-electron chi connectivity index (χ4n) is 4.89. The molecule has 9 nitrogen and oxygen atoms in total. The van der Waals surface area contributed by atoms with E-state index < -0.39 is 42.8 Å². The fourth-order valence-corrected chi connectivity index (χ4v) is 4.89. The summed E-state index contributed by atoms with van der Waals surface area (Å²) in [5.74, 6) is -1.41. The number of rotatable bonds is 9. The average Bonchev–Trinajstić information content (AvgIpc) is 3.33. The predicted molar refractivity (Wildman–Crippen MR) is 137 cm³/mol. The van der Waals surface area contributed by atoms with Gasteiger partial charge in [0.25, 0.3) is 5.91 Å². The van der Waals surface area contributed by atoms with Gasteiger partial charge in [0.05, 0.1) is 12.0 Å². The number of nitrogens with one attached hydrogen (secondary N) is 1. The summed E-state index contributed by atoms with van der Waals surface area (Å²) in [6, 6.07) is 10.7. The van der Waals surface area contributed by atoms with Gasteiger partial charge >= 0.3 is 13.2 Å². The quantitative estimate of drug-likeness (QED) is 0.261. The molecule has 0 aliphatic carbocycles. The number of ether oxygens (including phenoxy) is 1. The van der Waals surface area contributed by atoms with Gasteiger partial charge in [0.15, 0.2) is 0 Å². The fraction of sp³-hybridized carbons (Fsp3) is 0.577. The smallest absolute Gasteiger partial charge is 0.447 e. The van der Waals surface area contributed by atoms with Crippen molar-refractivity contribution < 1.29 is 28.8 Å². The van der Waals surface area contributed by atoms with Gasteiger partial charge < -0.3 is 25.0 Å². The maximum Gasteiger partial charge on any atom is 0.475 e. The zero-order valence-corrected chi connectivity index (χ0v) is 21.5. The molecule has 3 rings (SSSR count). The van der Waals surface area contributed by atoms with E-state index in [9.17, 15) is 29.3 Å². The molecular weight excluding hydrogens is 478 g/mol. The molecule has 1 unspecified atom stereocenters. The Bertz CT molecular complexity index is 1000. The van der Waals surface area contributed by atoms with Gasteiger partial charge in [-0.1, -0.05) is 30.3 Å². The summed E-state index contributed by atoms with van der Waals surface area (Å²) in [6.45, 7) is 4.88. The second-order valence-corrected chi connectivity index (χ2v) is 10.3. The minimum atomic E-state index is -1.78. The molecule has 200 valence electrons. The zero-order chi connectivity index (χ0) is 27.0. The van der Waals surface area contributed by atoms with Crippen molar-refractivity contribution in [1.82, 2.24) is 15.1 Å². The number of carbonyl (C=O) groups is 2. The van der Waals surface area contributed by atoms with Crippen molar-refractivity contribution in [2.45, 2.75) is 69.6 Å². The predicted octanol–water partition coefficient (Wildman–Crippen LogP) is 1.99. The van der Waals surface area contributed by atoms with Crippen LogP contribution in [0.3, 0.4) is 0 Å². The number of carbonyl (C=O) groups excluding carboxylic acids is 2. The van der Waals surface area contributed by atoms with Crippen LogP contribution in [0.1, 0.15) is 45.1 Å². The van der Waals surface area contributed by atoms with E-state index in [-0.39, 0.29) is 25.1 Å². The Hall–Kier alpha value is -2.94. The van der Waals surface area contributed by atoms with Gasteiger partial charge in [-0.3, -0.25) is 9.69 Å². The molecule has 2 saturated heterocycles. The number of benzene rings is 1. The van der Waals surface area contributed by atoms with Crippen molar-refractivity contribution in [3.8, 4) is 6.07 Å². The number of piperidine rings is 1. The SMILES string of the molecule is CC(C)(C=C(C#N)C(=O)N1CCCC[C@@H]1COC(=O)NC(Cc1ccccc1)B(O)O)N1CC[C@@H](F)C1. The average molecular weight is 514 g/mol. The lowest BCUT2D eigenvalue weighted by Crippen LogP contribution is -2.50. The molecular formula is C26H36BFN4O5. The summed E-state index contributed by atoms with van der Waals surface area (Å²) in [5.41, 5.74) is 0.136. The van der Waals surface area contributed by atoms with Crippen molar-refractivity contribution in [3.63, 3.8) is 0 Å². The third-order valence-corrected chi connectivity index (χ3v) is 7.05. The van der Waals surface area contributed by atoms with Crippen molar-refractivity contribution >= 4 is 19.1 Å². The van der Waals surface area contributed by atoms with Crippen LogP contribution >= 0.6 is 0 Å². The van der Waals surface area contributed by atoms with E-state index in [0.717, 1.165) is 18.4 Å². The molecule has 1 aromatic carbocycles. The van der Waals surface area contributed by atoms with Crippen LogP contribution < -0.4 is 5.32 Å². The molecule has 2 aliphatic heterocycles. The second-order valence-electron chi connectivity index (χ2n) is 10.3. The first-order valence-corrected chi connectivity index (χ1v) is 12.8. The summed E-state index contributed by atoms with van der Waals surface area (Å²) in [7, 11) is -1.78. The van der Waals surface area contributed by atoms with Crippen molar-refractivity contribution in [3.05, 3.63) is 47.5 Å². The third kappa shape index (κ3) is 8.02. The molecule has 11 heteroatoms. The van der Waals surface area contributed by atoms with Crippen molar-refractivity contribution in [2.75, 3.05) is 26.2 Å². The van der Waals surface area contributed by atoms with Gasteiger partial charge in [-0.05, 0) is 57.6 Å². The number of hydrogen-bond acceptors (Lipinski definition) is 7. The van der Waals surface area contributed by atoms with E-state index in [4.69, 9.17) is 4.74 Å². The lowest BCUT2D eigenvalue weighted by molar-refractivity contribution is -0.131. The molecule has 1 aromatic rings. The van der Waals surface area contributed by atoms with Gasteiger partial charge in [0.2, 0.25) is 0 Å². The Balaban J connectivity index is 1.62. The lowest BCUT2D eigenvalue weighted by atomic mass is 9.76. The van der Waals surface area contributed by atoms with E-state index in [1.54, 1.807) is 11.0 Å². The lowest BCUT2D eigenvalue weighted by Gasteiger charge is -2.36. The van der Waals surface area contributed by atoms with E-state index in [1.807, 2.05) is 55.1 Å². The maximum atomic E-state index is 13.7. The highest BCUT2D eigenvalue weighted by Gasteiger charge is 2.35. The molecule has 2 heterocycles.